The summed E-state index contributed by atoms with van der Waals surface area (Å²) in [5, 5.41) is 0. The van der Waals surface area contributed by atoms with Crippen LogP contribution in [0.3, 0.4) is 0 Å². The molecule has 0 aliphatic heterocycles. The summed E-state index contributed by atoms with van der Waals surface area (Å²) >= 11 is 0. The Labute approximate surface area is 98.6 Å². The number of pyridine rings is 1. The van der Waals surface area contributed by atoms with E-state index < -0.39 is 0 Å². The van der Waals surface area contributed by atoms with Crippen LogP contribution >= 0.6 is 0 Å². The lowest BCUT2D eigenvalue weighted by molar-refractivity contribution is 0.570. The van der Waals surface area contributed by atoms with Gasteiger partial charge in [-0.2, -0.15) is 0 Å². The molecule has 1 aromatic heterocycles. The minimum atomic E-state index is 0.0747. The maximum atomic E-state index is 4.27. The van der Waals surface area contributed by atoms with E-state index in [1.807, 2.05) is 24.4 Å². The van der Waals surface area contributed by atoms with Gasteiger partial charge in [0, 0.05) is 30.1 Å². The summed E-state index contributed by atoms with van der Waals surface area (Å²) in [6.45, 7) is 10.4. The molecule has 1 heterocycles. The third-order valence-corrected chi connectivity index (χ3v) is 1.96. The predicted molar refractivity (Wildman–Crippen MR) is 68.9 cm³/mol. The van der Waals surface area contributed by atoms with Gasteiger partial charge in [0.05, 0.1) is 0 Å². The van der Waals surface area contributed by atoms with E-state index in [1.54, 1.807) is 0 Å². The maximum absolute atomic E-state index is 4.27. The monoisotopic (exact) mass is 213 g/mol. The largest absolute Gasteiger partial charge is 0.261 e. The van der Waals surface area contributed by atoms with E-state index in [-0.39, 0.29) is 5.41 Å². The smallest absolute Gasteiger partial charge is 0.0444 e. The zero-order chi connectivity index (χ0) is 12.0. The fourth-order valence-electron chi connectivity index (χ4n) is 1.26. The molecular formula is C15H19N. The Balaban J connectivity index is 2.46. The molecule has 0 saturated heterocycles. The molecular weight excluding hydrogens is 194 g/mol. The molecule has 1 heteroatoms. The average molecular weight is 213 g/mol. The maximum Gasteiger partial charge on any atom is 0.0444 e. The zero-order valence-electron chi connectivity index (χ0n) is 10.4. The molecule has 1 aromatic rings. The Kier molecular flexibility index (Phi) is 4.31. The van der Waals surface area contributed by atoms with Gasteiger partial charge in [0.1, 0.15) is 0 Å². The van der Waals surface area contributed by atoms with Crippen LogP contribution in [0.15, 0.2) is 36.5 Å². The molecule has 0 aliphatic carbocycles. The van der Waals surface area contributed by atoms with Crippen molar-refractivity contribution in [3.05, 3.63) is 42.2 Å². The van der Waals surface area contributed by atoms with Crippen molar-refractivity contribution in [2.24, 2.45) is 5.41 Å². The SMILES string of the molecule is C=C(CC#CC(C)(C)C)Cc1ccccn1. The Bertz CT molecular complexity index is 399. The molecule has 16 heavy (non-hydrogen) atoms. The molecule has 0 bridgehead atoms. The summed E-state index contributed by atoms with van der Waals surface area (Å²) in [6.07, 6.45) is 3.39. The van der Waals surface area contributed by atoms with Gasteiger partial charge in [0.15, 0.2) is 0 Å². The highest BCUT2D eigenvalue weighted by Gasteiger charge is 2.03. The summed E-state index contributed by atoms with van der Waals surface area (Å²) in [5.41, 5.74) is 2.26. The molecule has 84 valence electrons. The zero-order valence-corrected chi connectivity index (χ0v) is 10.4. The summed E-state index contributed by atoms with van der Waals surface area (Å²) < 4.78 is 0. The van der Waals surface area contributed by atoms with Crippen molar-refractivity contribution in [3.8, 4) is 11.8 Å². The molecule has 0 amide bonds. The first-order valence-electron chi connectivity index (χ1n) is 5.54. The Morgan fingerprint density at radius 2 is 2.12 bits per heavy atom. The van der Waals surface area contributed by atoms with E-state index >= 15 is 0 Å². The van der Waals surface area contributed by atoms with Crippen molar-refractivity contribution in [1.82, 2.24) is 4.98 Å². The Hall–Kier alpha value is -1.55. The normalized spacial score (nSPS) is 10.4. The van der Waals surface area contributed by atoms with E-state index in [9.17, 15) is 0 Å². The Morgan fingerprint density at radius 3 is 2.69 bits per heavy atom. The van der Waals surface area contributed by atoms with Crippen LogP contribution in [0.4, 0.5) is 0 Å². The number of hydrogen-bond donors (Lipinski definition) is 0. The Morgan fingerprint density at radius 1 is 1.38 bits per heavy atom. The van der Waals surface area contributed by atoms with Gasteiger partial charge in [0.25, 0.3) is 0 Å². The van der Waals surface area contributed by atoms with Crippen molar-refractivity contribution >= 4 is 0 Å². The van der Waals surface area contributed by atoms with Gasteiger partial charge in [-0.25, -0.2) is 0 Å². The highest BCUT2D eigenvalue weighted by molar-refractivity contribution is 5.19. The van der Waals surface area contributed by atoms with Gasteiger partial charge in [-0.1, -0.05) is 30.1 Å². The number of aromatic nitrogens is 1. The highest BCUT2D eigenvalue weighted by atomic mass is 14.7. The number of hydrogen-bond acceptors (Lipinski definition) is 1. The fraction of sp³-hybridized carbons (Fsp3) is 0.400. The van der Waals surface area contributed by atoms with Crippen molar-refractivity contribution in [3.63, 3.8) is 0 Å². The third-order valence-electron chi connectivity index (χ3n) is 1.96. The molecule has 0 radical (unpaired) electrons. The van der Waals surface area contributed by atoms with Crippen LogP contribution in [0.1, 0.15) is 32.9 Å². The van der Waals surface area contributed by atoms with Crippen LogP contribution in [-0.2, 0) is 6.42 Å². The quantitative estimate of drug-likeness (QED) is 0.552. The second-order valence-corrected chi connectivity index (χ2v) is 4.98. The molecule has 0 saturated carbocycles. The van der Waals surface area contributed by atoms with Crippen molar-refractivity contribution < 1.29 is 0 Å². The van der Waals surface area contributed by atoms with Crippen LogP contribution in [0, 0.1) is 17.3 Å². The second kappa shape index (κ2) is 5.51. The predicted octanol–water partition coefficient (Wildman–Crippen LogP) is 3.62. The number of allylic oxidation sites excluding steroid dienone is 1. The van der Waals surface area contributed by atoms with E-state index in [1.165, 1.54) is 0 Å². The first kappa shape index (κ1) is 12.5. The van der Waals surface area contributed by atoms with Crippen LogP contribution in [0.2, 0.25) is 0 Å². The second-order valence-electron chi connectivity index (χ2n) is 4.98. The minimum Gasteiger partial charge on any atom is -0.261 e. The van der Waals surface area contributed by atoms with E-state index in [0.717, 1.165) is 24.1 Å². The van der Waals surface area contributed by atoms with Gasteiger partial charge in [-0.05, 0) is 32.9 Å². The van der Waals surface area contributed by atoms with Crippen molar-refractivity contribution in [2.75, 3.05) is 0 Å². The van der Waals surface area contributed by atoms with Crippen LogP contribution in [0.5, 0.6) is 0 Å². The van der Waals surface area contributed by atoms with Crippen molar-refractivity contribution in [1.29, 1.82) is 0 Å². The summed E-state index contributed by atoms with van der Waals surface area (Å²) in [5.74, 6) is 6.38. The van der Waals surface area contributed by atoms with Gasteiger partial charge < -0.3 is 0 Å². The van der Waals surface area contributed by atoms with Gasteiger partial charge in [0.2, 0.25) is 0 Å². The van der Waals surface area contributed by atoms with Crippen LogP contribution < -0.4 is 0 Å². The fourth-order valence-corrected chi connectivity index (χ4v) is 1.26. The van der Waals surface area contributed by atoms with Gasteiger partial charge in [-0.3, -0.25) is 4.98 Å². The molecule has 0 fully saturated rings. The van der Waals surface area contributed by atoms with Crippen LogP contribution in [0.25, 0.3) is 0 Å². The number of rotatable bonds is 3. The standard InChI is InChI=1S/C15H19N/c1-13(8-7-10-15(2,3)4)12-14-9-5-6-11-16-14/h5-6,9,11H,1,8,12H2,2-4H3. The lowest BCUT2D eigenvalue weighted by Gasteiger charge is -2.07. The molecule has 0 N–H and O–H groups in total. The average Bonchev–Trinajstić information content (AvgIpc) is 2.17. The van der Waals surface area contributed by atoms with Gasteiger partial charge in [-0.15, -0.1) is 0 Å². The van der Waals surface area contributed by atoms with Crippen LogP contribution in [-0.4, -0.2) is 4.98 Å². The van der Waals surface area contributed by atoms with E-state index in [0.29, 0.717) is 0 Å². The molecule has 0 atom stereocenters. The first-order valence-corrected chi connectivity index (χ1v) is 5.54. The van der Waals surface area contributed by atoms with E-state index in [4.69, 9.17) is 0 Å². The van der Waals surface area contributed by atoms with E-state index in [2.05, 4.69) is 44.2 Å². The third kappa shape index (κ3) is 5.36. The molecule has 0 aliphatic rings. The minimum absolute atomic E-state index is 0.0747. The molecule has 0 aromatic carbocycles. The summed E-state index contributed by atoms with van der Waals surface area (Å²) in [4.78, 5) is 4.27. The molecule has 0 spiro atoms. The van der Waals surface area contributed by atoms with Crippen molar-refractivity contribution in [2.45, 2.75) is 33.6 Å². The highest BCUT2D eigenvalue weighted by Crippen LogP contribution is 2.11. The first-order chi connectivity index (χ1) is 7.47. The topological polar surface area (TPSA) is 12.9 Å². The number of nitrogens with zero attached hydrogens (tertiary/aromatic N) is 1. The molecule has 1 nitrogen and oxygen atoms in total. The van der Waals surface area contributed by atoms with Gasteiger partial charge >= 0.3 is 0 Å². The summed E-state index contributed by atoms with van der Waals surface area (Å²) in [6, 6.07) is 5.94. The molecule has 1 rings (SSSR count). The summed E-state index contributed by atoms with van der Waals surface area (Å²) in [7, 11) is 0. The lowest BCUT2D eigenvalue weighted by Crippen LogP contribution is -1.99. The molecule has 0 unspecified atom stereocenters. The lowest BCUT2D eigenvalue weighted by atomic mass is 9.97.